The van der Waals surface area contributed by atoms with Crippen molar-refractivity contribution < 1.29 is 18.5 Å². The molecule has 0 saturated carbocycles. The Morgan fingerprint density at radius 1 is 1.29 bits per heavy atom. The molecule has 0 amide bonds. The molecular weight excluding hydrogens is 277 g/mol. The molecule has 21 heavy (non-hydrogen) atoms. The molecule has 1 fully saturated rings. The van der Waals surface area contributed by atoms with Crippen molar-refractivity contribution in [2.45, 2.75) is 32.9 Å². The number of rotatable bonds is 5. The van der Waals surface area contributed by atoms with E-state index in [9.17, 15) is 13.2 Å². The summed E-state index contributed by atoms with van der Waals surface area (Å²) in [5.74, 6) is 0. The lowest BCUT2D eigenvalue weighted by atomic mass is 9.97. The van der Waals surface area contributed by atoms with E-state index in [4.69, 9.17) is 0 Å². The van der Waals surface area contributed by atoms with Crippen LogP contribution in [-0.4, -0.2) is 19.6 Å². The highest BCUT2D eigenvalue weighted by molar-refractivity contribution is 5.77. The molecule has 2 rings (SSSR count). The van der Waals surface area contributed by atoms with E-state index in [2.05, 4.69) is 6.58 Å². The zero-order chi connectivity index (χ0) is 15.6. The van der Waals surface area contributed by atoms with Crippen molar-refractivity contribution in [2.24, 2.45) is 0 Å². The molecule has 0 atom stereocenters. The number of nitrogens with zero attached hydrogens (tertiary/aromatic N) is 1. The minimum absolute atomic E-state index is 0.298. The molecule has 1 aromatic rings. The standard InChI is InChI=1S/C16H21F3N2/c1-4-11(3)12-9-15(21-7-6-8-21)13(16(17,18)19)10-14(12)20-5-2/h9-10,20H,3-8H2,1-2H3/p+1. The van der Waals surface area contributed by atoms with E-state index in [0.717, 1.165) is 24.0 Å². The fourth-order valence-corrected chi connectivity index (χ4v) is 2.54. The monoisotopic (exact) mass is 299 g/mol. The second-order valence-electron chi connectivity index (χ2n) is 5.36. The molecule has 1 aliphatic rings. The van der Waals surface area contributed by atoms with Gasteiger partial charge >= 0.3 is 6.18 Å². The number of halogens is 3. The van der Waals surface area contributed by atoms with E-state index in [1.807, 2.05) is 19.2 Å². The number of benzene rings is 1. The van der Waals surface area contributed by atoms with Gasteiger partial charge < -0.3 is 10.2 Å². The van der Waals surface area contributed by atoms with Gasteiger partial charge in [0, 0.05) is 24.7 Å². The van der Waals surface area contributed by atoms with Crippen LogP contribution in [0, 0.1) is 0 Å². The van der Waals surface area contributed by atoms with Gasteiger partial charge in [-0.15, -0.1) is 0 Å². The molecule has 116 valence electrons. The Kier molecular flexibility index (Phi) is 4.61. The minimum atomic E-state index is -4.33. The summed E-state index contributed by atoms with van der Waals surface area (Å²) in [6.45, 7) is 9.98. The average Bonchev–Trinajstić information content (AvgIpc) is 2.36. The van der Waals surface area contributed by atoms with Crippen LogP contribution in [0.4, 0.5) is 24.5 Å². The summed E-state index contributed by atoms with van der Waals surface area (Å²) in [5.41, 5.74) is 2.13. The molecule has 0 radical (unpaired) electrons. The third-order valence-corrected chi connectivity index (χ3v) is 3.90. The number of quaternary nitrogens is 1. The highest BCUT2D eigenvalue weighted by Crippen LogP contribution is 2.41. The maximum atomic E-state index is 13.3. The highest BCUT2D eigenvalue weighted by Gasteiger charge is 2.37. The molecule has 0 bridgehead atoms. The lowest BCUT2D eigenvalue weighted by Crippen LogP contribution is -2.77. The average molecular weight is 299 g/mol. The van der Waals surface area contributed by atoms with Crippen molar-refractivity contribution in [1.29, 1.82) is 0 Å². The Morgan fingerprint density at radius 2 is 1.95 bits per heavy atom. The molecule has 0 aliphatic carbocycles. The normalized spacial score (nSPS) is 15.0. The molecule has 1 aliphatic heterocycles. The molecular formula is C16H22F3N2+. The van der Waals surface area contributed by atoms with Crippen LogP contribution in [0.25, 0.3) is 5.57 Å². The van der Waals surface area contributed by atoms with Crippen molar-refractivity contribution >= 4 is 16.9 Å². The molecule has 0 unspecified atom stereocenters. The molecule has 2 nitrogen and oxygen atoms in total. The smallest absolute Gasteiger partial charge is 0.371 e. The van der Waals surface area contributed by atoms with Crippen LogP contribution in [0.5, 0.6) is 0 Å². The maximum absolute atomic E-state index is 13.3. The van der Waals surface area contributed by atoms with E-state index in [-0.39, 0.29) is 0 Å². The van der Waals surface area contributed by atoms with Crippen LogP contribution in [0.2, 0.25) is 0 Å². The first-order valence-electron chi connectivity index (χ1n) is 7.40. The van der Waals surface area contributed by atoms with Gasteiger partial charge in [-0.25, -0.2) is 0 Å². The molecule has 1 aromatic carbocycles. The van der Waals surface area contributed by atoms with Gasteiger partial charge in [-0.3, -0.25) is 0 Å². The first-order chi connectivity index (χ1) is 9.88. The zero-order valence-electron chi connectivity index (χ0n) is 12.6. The number of hydrogen-bond acceptors (Lipinski definition) is 1. The summed E-state index contributed by atoms with van der Waals surface area (Å²) in [5, 5.41) is 1.84. The van der Waals surface area contributed by atoms with Gasteiger partial charge in [-0.2, -0.15) is 13.2 Å². The van der Waals surface area contributed by atoms with Gasteiger partial charge in [0.2, 0.25) is 0 Å². The van der Waals surface area contributed by atoms with Crippen molar-refractivity contribution in [3.63, 3.8) is 0 Å². The summed E-state index contributed by atoms with van der Waals surface area (Å²) in [7, 11) is 0. The quantitative estimate of drug-likeness (QED) is 0.824. The van der Waals surface area contributed by atoms with Gasteiger partial charge in [-0.1, -0.05) is 13.5 Å². The van der Waals surface area contributed by atoms with E-state index < -0.39 is 11.7 Å². The summed E-state index contributed by atoms with van der Waals surface area (Å²) in [4.78, 5) is 1.80. The number of nitrogens with two attached hydrogens (primary N) is 1. The first-order valence-corrected chi connectivity index (χ1v) is 7.40. The summed E-state index contributed by atoms with van der Waals surface area (Å²) < 4.78 is 40.0. The van der Waals surface area contributed by atoms with Crippen LogP contribution in [-0.2, 0) is 6.18 Å². The summed E-state index contributed by atoms with van der Waals surface area (Å²) in [6.07, 6.45) is -2.65. The van der Waals surface area contributed by atoms with Gasteiger partial charge in [0.15, 0.2) is 0 Å². The Labute approximate surface area is 123 Å². The Hall–Kier alpha value is -1.49. The fraction of sp³-hybridized carbons (Fsp3) is 0.500. The SMILES string of the molecule is C=C(CC)c1cc(N2CCC2)c(C(F)(F)F)cc1[NH2+]CC. The second-order valence-corrected chi connectivity index (χ2v) is 5.36. The molecule has 0 spiro atoms. The van der Waals surface area contributed by atoms with E-state index in [1.165, 1.54) is 6.07 Å². The number of anilines is 1. The lowest BCUT2D eigenvalue weighted by molar-refractivity contribution is -0.568. The van der Waals surface area contributed by atoms with Gasteiger partial charge in [0.1, 0.15) is 5.69 Å². The third kappa shape index (κ3) is 3.23. The molecule has 2 N–H and O–H groups in total. The van der Waals surface area contributed by atoms with Gasteiger partial charge in [0.25, 0.3) is 0 Å². The van der Waals surface area contributed by atoms with Crippen LogP contribution < -0.4 is 10.2 Å². The van der Waals surface area contributed by atoms with Crippen molar-refractivity contribution in [3.05, 3.63) is 29.8 Å². The molecule has 1 saturated heterocycles. The van der Waals surface area contributed by atoms with E-state index >= 15 is 0 Å². The van der Waals surface area contributed by atoms with Crippen LogP contribution in [0.1, 0.15) is 37.8 Å². The van der Waals surface area contributed by atoms with Crippen molar-refractivity contribution in [1.82, 2.24) is 0 Å². The topological polar surface area (TPSA) is 19.9 Å². The van der Waals surface area contributed by atoms with Crippen molar-refractivity contribution in [3.8, 4) is 0 Å². The zero-order valence-corrected chi connectivity index (χ0v) is 12.6. The Balaban J connectivity index is 2.58. The molecule has 1 heterocycles. The summed E-state index contributed by atoms with van der Waals surface area (Å²) in [6, 6.07) is 2.96. The predicted molar refractivity (Wildman–Crippen MR) is 79.7 cm³/mol. The Bertz CT molecular complexity index is 531. The van der Waals surface area contributed by atoms with Gasteiger partial charge in [-0.05, 0) is 31.4 Å². The van der Waals surface area contributed by atoms with E-state index in [1.54, 1.807) is 11.0 Å². The number of alkyl halides is 3. The second kappa shape index (κ2) is 6.10. The molecule has 5 heteroatoms. The Morgan fingerprint density at radius 3 is 2.38 bits per heavy atom. The van der Waals surface area contributed by atoms with Crippen molar-refractivity contribution in [2.75, 3.05) is 24.5 Å². The van der Waals surface area contributed by atoms with Crippen LogP contribution in [0.3, 0.4) is 0 Å². The largest absolute Gasteiger partial charge is 0.418 e. The first kappa shape index (κ1) is 15.9. The predicted octanol–water partition coefficient (Wildman–Crippen LogP) is 3.55. The van der Waals surface area contributed by atoms with Crippen LogP contribution in [0.15, 0.2) is 18.7 Å². The maximum Gasteiger partial charge on any atom is 0.418 e. The molecule has 0 aromatic heterocycles. The van der Waals surface area contributed by atoms with Gasteiger partial charge in [0.05, 0.1) is 17.8 Å². The minimum Gasteiger partial charge on any atom is -0.371 e. The third-order valence-electron chi connectivity index (χ3n) is 3.90. The fourth-order valence-electron chi connectivity index (χ4n) is 2.54. The number of allylic oxidation sites excluding steroid dienone is 1. The lowest BCUT2D eigenvalue weighted by Gasteiger charge is -2.35. The van der Waals surface area contributed by atoms with Crippen LogP contribution >= 0.6 is 0 Å². The van der Waals surface area contributed by atoms with E-state index in [0.29, 0.717) is 31.0 Å². The number of hydrogen-bond donors (Lipinski definition) is 1. The highest BCUT2D eigenvalue weighted by atomic mass is 19.4. The summed E-state index contributed by atoms with van der Waals surface area (Å²) >= 11 is 0.